The Balaban J connectivity index is 1.20. The third-order valence-electron chi connectivity index (χ3n) is 7.33. The van der Waals surface area contributed by atoms with Gasteiger partial charge < -0.3 is 38.7 Å². The fourth-order valence-electron chi connectivity index (χ4n) is 5.34. The average Bonchev–Trinajstić information content (AvgIpc) is 3.72. The third-order valence-corrected chi connectivity index (χ3v) is 10.5. The van der Waals surface area contributed by atoms with E-state index in [9.17, 15) is 24.5 Å². The van der Waals surface area contributed by atoms with E-state index in [-0.39, 0.29) is 11.2 Å². The molecule has 7 rings (SSSR count). The van der Waals surface area contributed by atoms with Crippen molar-refractivity contribution in [1.29, 1.82) is 0 Å². The number of H-pyrrole nitrogens is 1. The van der Waals surface area contributed by atoms with Crippen molar-refractivity contribution in [2.24, 2.45) is 0 Å². The Morgan fingerprint density at radius 1 is 0.953 bits per heavy atom. The molecule has 10 atom stereocenters. The van der Waals surface area contributed by atoms with Crippen LogP contribution in [0.5, 0.6) is 0 Å². The number of nitrogens with zero attached hydrogens (tertiary/aromatic N) is 5. The number of ether oxygens (including phenoxy) is 2. The number of aliphatic hydroxyl groups is 2. The van der Waals surface area contributed by atoms with E-state index in [0.29, 0.717) is 11.0 Å². The van der Waals surface area contributed by atoms with Crippen LogP contribution >= 0.6 is 25.8 Å². The van der Waals surface area contributed by atoms with E-state index in [1.165, 1.54) is 17.2 Å². The number of rotatable bonds is 2. The van der Waals surface area contributed by atoms with Crippen LogP contribution < -0.4 is 5.56 Å². The van der Waals surface area contributed by atoms with Gasteiger partial charge >= 0.3 is 13.5 Å². The van der Waals surface area contributed by atoms with Crippen LogP contribution in [-0.4, -0.2) is 94.0 Å². The number of aromatic nitrogens is 6. The van der Waals surface area contributed by atoms with Gasteiger partial charge in [0.15, 0.2) is 23.6 Å². The third kappa shape index (κ3) is 5.42. The van der Waals surface area contributed by atoms with E-state index in [0.717, 1.165) is 6.33 Å². The number of para-hydroxylation sites is 2. The van der Waals surface area contributed by atoms with Gasteiger partial charge in [-0.3, -0.25) is 22.9 Å². The number of aliphatic hydroxyl groups excluding tert-OH is 2. The molecule has 230 valence electrons. The van der Waals surface area contributed by atoms with Crippen LogP contribution in [0.15, 0.2) is 48.0 Å². The maximum atomic E-state index is 13.5. The lowest BCUT2D eigenvalue weighted by Crippen LogP contribution is -2.36. The topological polar surface area (TPSA) is 215 Å². The van der Waals surface area contributed by atoms with Gasteiger partial charge in [-0.15, -0.1) is 0 Å². The maximum Gasteiger partial charge on any atom is 0.386 e. The van der Waals surface area contributed by atoms with Crippen molar-refractivity contribution in [1.82, 2.24) is 29.1 Å². The van der Waals surface area contributed by atoms with Crippen LogP contribution in [-0.2, 0) is 43.9 Å². The summed E-state index contributed by atoms with van der Waals surface area (Å²) in [6, 6.07) is 7.18. The standard InChI is InChI=1S/C22H24N6O11P2S2/c29-15-12-5-34-40(32,42)38-17-13(37-21(16(17)30)27-8-25-10-3-1-2-4-11(10)27)6-35-41(33,43)39-18(15)22(36-12)28-9-26-14-19(28)23-7-24-20(14)31/h1-4,7-9,12-13,15-18,21-22,29-30H,5-6H2,(H,32,42)(H,33,43)(H,23,24,31)/t12-,13-,15?,16?,17?,18?,21-,22-,40?,41?/m1/s1. The fourth-order valence-corrected chi connectivity index (χ4v) is 8.25. The number of imidazole rings is 2. The van der Waals surface area contributed by atoms with Gasteiger partial charge in [-0.1, -0.05) is 24.4 Å². The van der Waals surface area contributed by atoms with E-state index >= 15 is 0 Å². The molecule has 1 aromatic carbocycles. The SMILES string of the molecule is O=c1[nH]cnc2c1ncn2[C@@H]1O[C@@H]2COP(O)(=S)OC3C(O)[C@H](n4cnc5ccccc54)O[C@@H]3COP(=O)(S)OC1C2O. The highest BCUT2D eigenvalue weighted by Gasteiger charge is 2.52. The number of nitrogens with one attached hydrogen (secondary N) is 1. The molecule has 43 heavy (non-hydrogen) atoms. The first-order valence-electron chi connectivity index (χ1n) is 12.8. The first kappa shape index (κ1) is 29.6. The predicted octanol–water partition coefficient (Wildman–Crippen LogP) is 0.758. The Bertz CT molecular complexity index is 1840. The Kier molecular flexibility index (Phi) is 7.62. The molecule has 0 saturated carbocycles. The lowest BCUT2D eigenvalue weighted by Gasteiger charge is -2.27. The molecule has 0 spiro atoms. The van der Waals surface area contributed by atoms with Gasteiger partial charge in [-0.25, -0.2) is 19.5 Å². The molecule has 3 aliphatic heterocycles. The summed E-state index contributed by atoms with van der Waals surface area (Å²) < 4.78 is 50.9. The van der Waals surface area contributed by atoms with Crippen molar-refractivity contribution < 1.29 is 47.2 Å². The van der Waals surface area contributed by atoms with E-state index in [1.807, 2.05) is 6.07 Å². The molecule has 0 aliphatic carbocycles. The zero-order chi connectivity index (χ0) is 30.1. The number of hydrogen-bond acceptors (Lipinski definition) is 14. The number of benzene rings is 1. The van der Waals surface area contributed by atoms with Crippen molar-refractivity contribution in [3.05, 3.63) is 53.6 Å². The smallest absolute Gasteiger partial charge is 0.386 e. The molecule has 3 fully saturated rings. The summed E-state index contributed by atoms with van der Waals surface area (Å²) in [4.78, 5) is 38.1. The van der Waals surface area contributed by atoms with Crippen LogP contribution in [0.3, 0.4) is 0 Å². The summed E-state index contributed by atoms with van der Waals surface area (Å²) in [5.41, 5.74) is 0.869. The van der Waals surface area contributed by atoms with Crippen LogP contribution in [0.25, 0.3) is 22.2 Å². The van der Waals surface area contributed by atoms with Gasteiger partial charge in [0.25, 0.3) is 5.56 Å². The zero-order valence-corrected chi connectivity index (χ0v) is 25.2. The Hall–Kier alpha value is -2.09. The summed E-state index contributed by atoms with van der Waals surface area (Å²) in [5, 5.41) is 22.4. The van der Waals surface area contributed by atoms with Crippen LogP contribution in [0, 0.1) is 0 Å². The Morgan fingerprint density at radius 2 is 1.70 bits per heavy atom. The van der Waals surface area contributed by atoms with E-state index in [4.69, 9.17) is 39.4 Å². The minimum Gasteiger partial charge on any atom is -0.387 e. The molecule has 2 bridgehead atoms. The molecule has 21 heteroatoms. The minimum atomic E-state index is -4.29. The van der Waals surface area contributed by atoms with Gasteiger partial charge in [0.1, 0.15) is 36.6 Å². The molecule has 4 N–H and O–H groups in total. The normalized spacial score (nSPS) is 38.9. The highest BCUT2D eigenvalue weighted by atomic mass is 32.7. The molecular weight excluding hydrogens is 650 g/mol. The van der Waals surface area contributed by atoms with Gasteiger partial charge in [-0.05, 0) is 23.9 Å². The van der Waals surface area contributed by atoms with E-state index < -0.39 is 81.4 Å². The van der Waals surface area contributed by atoms with Crippen molar-refractivity contribution in [2.75, 3.05) is 13.2 Å². The average molecular weight is 675 g/mol. The molecule has 0 amide bonds. The van der Waals surface area contributed by atoms with Crippen LogP contribution in [0.2, 0.25) is 0 Å². The second-order valence-corrected chi connectivity index (χ2v) is 15.6. The minimum absolute atomic E-state index is 0.0128. The van der Waals surface area contributed by atoms with Crippen molar-refractivity contribution >= 4 is 59.8 Å². The van der Waals surface area contributed by atoms with Gasteiger partial charge in [0.05, 0.1) is 43.2 Å². The number of fused-ring (bicyclic) bond motifs is 5. The van der Waals surface area contributed by atoms with Crippen molar-refractivity contribution in [2.45, 2.75) is 49.1 Å². The summed E-state index contributed by atoms with van der Waals surface area (Å²) in [6.45, 7) is -9.39. The number of thiol groups is 1. The summed E-state index contributed by atoms with van der Waals surface area (Å²) in [6.07, 6.45) is -6.34. The van der Waals surface area contributed by atoms with Crippen molar-refractivity contribution in [3.8, 4) is 0 Å². The highest BCUT2D eigenvalue weighted by molar-refractivity contribution is 8.44. The largest absolute Gasteiger partial charge is 0.387 e. The number of hydrogen-bond donors (Lipinski definition) is 5. The maximum absolute atomic E-state index is 13.5. The molecule has 4 aromatic rings. The lowest BCUT2D eigenvalue weighted by atomic mass is 10.1. The molecular formula is C22H24N6O11P2S2. The quantitative estimate of drug-likeness (QED) is 0.147. The molecule has 0 radical (unpaired) electrons. The molecule has 3 saturated heterocycles. The molecule has 3 aliphatic rings. The molecule has 17 nitrogen and oxygen atoms in total. The predicted molar refractivity (Wildman–Crippen MR) is 152 cm³/mol. The van der Waals surface area contributed by atoms with Crippen LogP contribution in [0.1, 0.15) is 12.5 Å². The van der Waals surface area contributed by atoms with Gasteiger partial charge in [0.2, 0.25) is 0 Å². The van der Waals surface area contributed by atoms with E-state index in [2.05, 4.69) is 32.2 Å². The fraction of sp³-hybridized carbons (Fsp3) is 0.455. The van der Waals surface area contributed by atoms with Gasteiger partial charge in [0, 0.05) is 0 Å². The lowest BCUT2D eigenvalue weighted by molar-refractivity contribution is -0.0587. The first-order chi connectivity index (χ1) is 20.5. The Morgan fingerprint density at radius 3 is 2.53 bits per heavy atom. The summed E-state index contributed by atoms with van der Waals surface area (Å²) in [5.74, 6) is 0. The van der Waals surface area contributed by atoms with Gasteiger partial charge in [-0.2, -0.15) is 0 Å². The molecule has 6 unspecified atom stereocenters. The Labute approximate surface area is 251 Å². The highest BCUT2D eigenvalue weighted by Crippen LogP contribution is 2.58. The summed E-state index contributed by atoms with van der Waals surface area (Å²) >= 11 is 9.33. The second kappa shape index (κ2) is 11.1. The summed E-state index contributed by atoms with van der Waals surface area (Å²) in [7, 11) is 0. The molecule has 6 heterocycles. The van der Waals surface area contributed by atoms with E-state index in [1.54, 1.807) is 22.8 Å². The second-order valence-electron chi connectivity index (χ2n) is 9.98. The van der Waals surface area contributed by atoms with Crippen LogP contribution in [0.4, 0.5) is 0 Å². The zero-order valence-electron chi connectivity index (χ0n) is 21.7. The monoisotopic (exact) mass is 674 g/mol. The molecule has 3 aromatic heterocycles. The number of aromatic amines is 1. The van der Waals surface area contributed by atoms with Crippen molar-refractivity contribution in [3.63, 3.8) is 0 Å². The first-order valence-corrected chi connectivity index (χ1v) is 18.1.